The van der Waals surface area contributed by atoms with Gasteiger partial charge in [0.05, 0.1) is 45.2 Å². The zero-order valence-electron chi connectivity index (χ0n) is 33.5. The summed E-state index contributed by atoms with van der Waals surface area (Å²) in [6, 6.07) is 48.7. The lowest BCUT2D eigenvalue weighted by atomic mass is 10.1. The summed E-state index contributed by atoms with van der Waals surface area (Å²) in [7, 11) is 0. The van der Waals surface area contributed by atoms with Crippen LogP contribution in [0.1, 0.15) is 34.2 Å². The summed E-state index contributed by atoms with van der Waals surface area (Å²) in [5.74, 6) is 1.75. The number of aromatic amines is 2. The molecular formula is C50H36Br3ClN8. The van der Waals surface area contributed by atoms with Crippen molar-refractivity contribution in [2.45, 2.75) is 26.7 Å². The van der Waals surface area contributed by atoms with Crippen LogP contribution in [-0.2, 0) is 12.8 Å². The number of pyridine rings is 4. The van der Waals surface area contributed by atoms with Crippen molar-refractivity contribution >= 4 is 81.2 Å². The highest BCUT2D eigenvalue weighted by molar-refractivity contribution is 9.11. The molecule has 0 unspecified atom stereocenters. The van der Waals surface area contributed by atoms with Crippen molar-refractivity contribution in [2.75, 3.05) is 0 Å². The van der Waals surface area contributed by atoms with Gasteiger partial charge in [-0.1, -0.05) is 88.2 Å². The molecule has 10 aromatic rings. The topological polar surface area (TPSA) is 109 Å². The predicted molar refractivity (Wildman–Crippen MR) is 261 cm³/mol. The van der Waals surface area contributed by atoms with Crippen molar-refractivity contribution in [1.29, 1.82) is 0 Å². The van der Waals surface area contributed by atoms with Crippen LogP contribution in [0.2, 0.25) is 5.02 Å². The Kier molecular flexibility index (Phi) is 12.2. The maximum atomic E-state index is 6.17. The van der Waals surface area contributed by atoms with Crippen LogP contribution in [0.25, 0.3) is 67.1 Å². The molecular weight excluding hydrogens is 988 g/mol. The van der Waals surface area contributed by atoms with Gasteiger partial charge in [0, 0.05) is 55.6 Å². The number of aryl methyl sites for hydroxylation is 2. The second-order valence-corrected chi connectivity index (χ2v) is 17.8. The average Bonchev–Trinajstić information content (AvgIpc) is 3.88. The van der Waals surface area contributed by atoms with Crippen LogP contribution in [0.15, 0.2) is 159 Å². The SMILES string of the molecule is Cc1ccc2cc(-c3nc(Cc4cccc(Br)c4)[nH]c3-c3cccc(Br)n3)ccc2n1.Cc1ccc2cc(-c3nc(Cc4cccc(Cl)c4)[nH]c3-c3cccc(Br)n3)ccc2n1. The second kappa shape index (κ2) is 18.2. The first-order valence-electron chi connectivity index (χ1n) is 19.8. The summed E-state index contributed by atoms with van der Waals surface area (Å²) in [5, 5.41) is 2.89. The van der Waals surface area contributed by atoms with Crippen LogP contribution < -0.4 is 0 Å². The van der Waals surface area contributed by atoms with Gasteiger partial charge in [0.1, 0.15) is 20.9 Å². The molecule has 0 aliphatic carbocycles. The molecule has 6 aromatic heterocycles. The highest BCUT2D eigenvalue weighted by Crippen LogP contribution is 2.34. The quantitative estimate of drug-likeness (QED) is 0.147. The zero-order chi connectivity index (χ0) is 42.7. The maximum Gasteiger partial charge on any atom is 0.111 e. The smallest absolute Gasteiger partial charge is 0.111 e. The Hall–Kier alpha value is -5.85. The van der Waals surface area contributed by atoms with E-state index >= 15 is 0 Å². The maximum absolute atomic E-state index is 6.17. The summed E-state index contributed by atoms with van der Waals surface area (Å²) in [5.41, 5.74) is 13.5. The fraction of sp³-hybridized carbons (Fsp3) is 0.0800. The summed E-state index contributed by atoms with van der Waals surface area (Å²) in [4.78, 5) is 35.5. The number of fused-ring (bicyclic) bond motifs is 2. The number of hydrogen-bond acceptors (Lipinski definition) is 6. The molecule has 0 saturated heterocycles. The molecule has 0 bridgehead atoms. The molecule has 0 fully saturated rings. The first kappa shape index (κ1) is 41.5. The van der Waals surface area contributed by atoms with Gasteiger partial charge < -0.3 is 9.97 Å². The van der Waals surface area contributed by atoms with Gasteiger partial charge in [-0.05, 0) is 142 Å². The fourth-order valence-electron chi connectivity index (χ4n) is 7.33. The number of nitrogens with one attached hydrogen (secondary N) is 2. The Bertz CT molecular complexity index is 3040. The minimum Gasteiger partial charge on any atom is -0.340 e. The van der Waals surface area contributed by atoms with Crippen molar-refractivity contribution in [1.82, 2.24) is 39.9 Å². The molecule has 0 aliphatic heterocycles. The summed E-state index contributed by atoms with van der Waals surface area (Å²) in [6.45, 7) is 4.01. The van der Waals surface area contributed by atoms with Crippen LogP contribution in [0.4, 0.5) is 0 Å². The highest BCUT2D eigenvalue weighted by Gasteiger charge is 2.18. The van der Waals surface area contributed by atoms with Gasteiger partial charge >= 0.3 is 0 Å². The van der Waals surface area contributed by atoms with Gasteiger partial charge in [-0.25, -0.2) is 19.9 Å². The largest absolute Gasteiger partial charge is 0.340 e. The lowest BCUT2D eigenvalue weighted by Crippen LogP contribution is -1.91. The molecule has 6 heterocycles. The van der Waals surface area contributed by atoms with Crippen LogP contribution in [0.5, 0.6) is 0 Å². The Morgan fingerprint density at radius 1 is 0.468 bits per heavy atom. The number of aromatic nitrogens is 8. The fourth-order valence-corrected chi connectivity index (χ4v) is 8.67. The number of H-pyrrole nitrogens is 2. The van der Waals surface area contributed by atoms with Gasteiger partial charge in [-0.3, -0.25) is 9.97 Å². The number of imidazole rings is 2. The molecule has 10 rings (SSSR count). The number of rotatable bonds is 8. The lowest BCUT2D eigenvalue weighted by molar-refractivity contribution is 1.03. The van der Waals surface area contributed by atoms with E-state index in [2.05, 4.69) is 138 Å². The van der Waals surface area contributed by atoms with Crippen molar-refractivity contribution in [3.63, 3.8) is 0 Å². The minimum atomic E-state index is 0.649. The Morgan fingerprint density at radius 2 is 0.952 bits per heavy atom. The third-order valence-corrected chi connectivity index (χ3v) is 11.8. The van der Waals surface area contributed by atoms with Gasteiger partial charge in [-0.15, -0.1) is 0 Å². The molecule has 2 N–H and O–H groups in total. The number of hydrogen-bond donors (Lipinski definition) is 2. The number of nitrogens with zero attached hydrogens (tertiary/aromatic N) is 6. The molecule has 4 aromatic carbocycles. The number of halogens is 4. The van der Waals surface area contributed by atoms with E-state index in [1.165, 1.54) is 5.56 Å². The molecule has 0 saturated carbocycles. The Morgan fingerprint density at radius 3 is 1.44 bits per heavy atom. The average molecular weight is 1020 g/mol. The third kappa shape index (κ3) is 9.61. The molecule has 0 spiro atoms. The molecule has 0 atom stereocenters. The second-order valence-electron chi connectivity index (χ2n) is 14.8. The monoisotopic (exact) mass is 1020 g/mol. The molecule has 304 valence electrons. The highest BCUT2D eigenvalue weighted by atomic mass is 79.9. The van der Waals surface area contributed by atoms with Crippen molar-refractivity contribution in [3.8, 4) is 45.3 Å². The van der Waals surface area contributed by atoms with E-state index in [4.69, 9.17) is 21.6 Å². The normalized spacial score (nSPS) is 11.2. The summed E-state index contributed by atoms with van der Waals surface area (Å²) >= 11 is 16.7. The molecule has 0 amide bonds. The van der Waals surface area contributed by atoms with Crippen molar-refractivity contribution in [2.24, 2.45) is 0 Å². The molecule has 62 heavy (non-hydrogen) atoms. The first-order chi connectivity index (χ1) is 30.1. The molecule has 12 heteroatoms. The van der Waals surface area contributed by atoms with Crippen LogP contribution in [0.3, 0.4) is 0 Å². The standard InChI is InChI=1S/C25H18Br2N4.C25H18BrClN4/c1-15-8-9-17-14-18(10-11-20(17)28-15)24-25(21-6-3-7-22(27)29-21)31-23(30-24)13-16-4-2-5-19(26)12-16;1-15-8-9-17-14-18(10-11-20(17)28-15)24-25(21-6-3-7-22(26)29-21)31-23(30-24)13-16-4-2-5-19(27)12-16/h2*2-12,14H,13H2,1H3,(H,30,31). The van der Waals surface area contributed by atoms with Gasteiger partial charge in [0.15, 0.2) is 0 Å². The first-order valence-corrected chi connectivity index (χ1v) is 22.5. The van der Waals surface area contributed by atoms with Crippen LogP contribution >= 0.6 is 59.4 Å². The van der Waals surface area contributed by atoms with E-state index < -0.39 is 0 Å². The van der Waals surface area contributed by atoms with Gasteiger partial charge in [-0.2, -0.15) is 0 Å². The van der Waals surface area contributed by atoms with E-state index in [0.29, 0.717) is 12.8 Å². The van der Waals surface area contributed by atoms with Crippen LogP contribution in [0, 0.1) is 13.8 Å². The van der Waals surface area contributed by atoms with Gasteiger partial charge in [0.2, 0.25) is 0 Å². The van der Waals surface area contributed by atoms with Crippen molar-refractivity contribution in [3.05, 3.63) is 198 Å². The van der Waals surface area contributed by atoms with E-state index in [0.717, 1.165) is 114 Å². The van der Waals surface area contributed by atoms with E-state index in [1.54, 1.807) is 0 Å². The summed E-state index contributed by atoms with van der Waals surface area (Å²) in [6.07, 6.45) is 1.35. The van der Waals surface area contributed by atoms with E-state index in [9.17, 15) is 0 Å². The minimum absolute atomic E-state index is 0.649. The summed E-state index contributed by atoms with van der Waals surface area (Å²) < 4.78 is 2.63. The third-order valence-electron chi connectivity index (χ3n) is 10.2. The predicted octanol–water partition coefficient (Wildman–Crippen LogP) is 14.1. The lowest BCUT2D eigenvalue weighted by Gasteiger charge is -2.05. The molecule has 8 nitrogen and oxygen atoms in total. The molecule has 0 aliphatic rings. The Balaban J connectivity index is 0.000000158. The molecule has 0 radical (unpaired) electrons. The number of benzene rings is 4. The van der Waals surface area contributed by atoms with E-state index in [1.807, 2.05) is 98.8 Å². The van der Waals surface area contributed by atoms with Crippen molar-refractivity contribution < 1.29 is 0 Å². The Labute approximate surface area is 388 Å². The zero-order valence-corrected chi connectivity index (χ0v) is 39.0. The van der Waals surface area contributed by atoms with Crippen LogP contribution in [-0.4, -0.2) is 39.9 Å². The van der Waals surface area contributed by atoms with Gasteiger partial charge in [0.25, 0.3) is 0 Å². The van der Waals surface area contributed by atoms with E-state index in [-0.39, 0.29) is 0 Å².